The summed E-state index contributed by atoms with van der Waals surface area (Å²) >= 11 is 13.6. The van der Waals surface area contributed by atoms with Gasteiger partial charge in [0.15, 0.2) is 5.65 Å². The van der Waals surface area contributed by atoms with E-state index in [2.05, 4.69) is 32.4 Å². The first-order valence-corrected chi connectivity index (χ1v) is 14.6. The van der Waals surface area contributed by atoms with Crippen molar-refractivity contribution in [1.82, 2.24) is 24.7 Å². The van der Waals surface area contributed by atoms with Gasteiger partial charge in [-0.05, 0) is 37.3 Å². The number of ether oxygens (including phenoxy) is 2. The van der Waals surface area contributed by atoms with Gasteiger partial charge in [-0.25, -0.2) is 9.97 Å². The van der Waals surface area contributed by atoms with E-state index in [1.54, 1.807) is 12.3 Å². The molecular formula is C31H30Cl2N8O3. The zero-order valence-corrected chi connectivity index (χ0v) is 25.9. The van der Waals surface area contributed by atoms with Crippen LogP contribution in [-0.4, -0.2) is 65.7 Å². The fourth-order valence-corrected chi connectivity index (χ4v) is 5.99. The standard InChI is InChI=1S/C31H30Cl2N8O3/c1-5-25(42)37-22-13-19(40-10-8-34-9-11-40)6-7-21(22)38-31-35-15-18-12-20(30-36-17(2)16-41(30)29(18)39-31)26-27(32)23(43-3)14-24(44-4)28(26)33/h5-7,12-16,34H,1,8-11H2,2-4H3,(H,37,42)(H,35,38,39). The molecule has 1 aliphatic heterocycles. The Morgan fingerprint density at radius 1 is 1.02 bits per heavy atom. The molecule has 226 valence electrons. The SMILES string of the molecule is C=CC(=O)Nc1cc(N2CCNCC2)ccc1Nc1ncc2cc(-c3c(Cl)c(OC)cc(OC)c3Cl)c3nc(C)cn3c2n1. The van der Waals surface area contributed by atoms with Gasteiger partial charge in [0.05, 0.1) is 41.3 Å². The van der Waals surface area contributed by atoms with Crippen molar-refractivity contribution in [2.45, 2.75) is 6.92 Å². The average Bonchev–Trinajstić information content (AvgIpc) is 3.44. The predicted molar refractivity (Wildman–Crippen MR) is 175 cm³/mol. The second-order valence-corrected chi connectivity index (χ2v) is 10.9. The number of piperazine rings is 1. The summed E-state index contributed by atoms with van der Waals surface area (Å²) in [6.07, 6.45) is 4.83. The molecule has 6 rings (SSSR count). The average molecular weight is 634 g/mol. The molecule has 1 aliphatic rings. The van der Waals surface area contributed by atoms with E-state index in [0.29, 0.717) is 61.3 Å². The number of nitrogens with zero attached hydrogens (tertiary/aromatic N) is 5. The number of halogens is 2. The summed E-state index contributed by atoms with van der Waals surface area (Å²) in [6, 6.07) is 9.40. The lowest BCUT2D eigenvalue weighted by Crippen LogP contribution is -2.43. The largest absolute Gasteiger partial charge is 0.495 e. The van der Waals surface area contributed by atoms with Crippen LogP contribution >= 0.6 is 23.2 Å². The molecule has 13 heteroatoms. The molecule has 1 fully saturated rings. The van der Waals surface area contributed by atoms with Gasteiger partial charge in [-0.3, -0.25) is 9.20 Å². The zero-order chi connectivity index (χ0) is 31.0. The normalized spacial score (nSPS) is 13.2. The number of anilines is 4. The highest BCUT2D eigenvalue weighted by atomic mass is 35.5. The number of hydrogen-bond acceptors (Lipinski definition) is 9. The summed E-state index contributed by atoms with van der Waals surface area (Å²) in [4.78, 5) is 28.8. The lowest BCUT2D eigenvalue weighted by molar-refractivity contribution is -0.111. The van der Waals surface area contributed by atoms with E-state index in [1.165, 1.54) is 20.3 Å². The van der Waals surface area contributed by atoms with Crippen molar-refractivity contribution in [2.24, 2.45) is 0 Å². The minimum atomic E-state index is -0.320. The molecule has 1 amide bonds. The molecule has 3 N–H and O–H groups in total. The van der Waals surface area contributed by atoms with Crippen molar-refractivity contribution in [3.8, 4) is 22.6 Å². The fraction of sp³-hybridized carbons (Fsp3) is 0.226. The zero-order valence-electron chi connectivity index (χ0n) is 24.4. The number of fused-ring (bicyclic) bond motifs is 3. The van der Waals surface area contributed by atoms with E-state index in [9.17, 15) is 4.79 Å². The van der Waals surface area contributed by atoms with Crippen molar-refractivity contribution < 1.29 is 14.3 Å². The van der Waals surface area contributed by atoms with Crippen LogP contribution in [0, 0.1) is 6.92 Å². The van der Waals surface area contributed by atoms with Crippen LogP contribution in [-0.2, 0) is 4.79 Å². The van der Waals surface area contributed by atoms with Crippen LogP contribution in [0.1, 0.15) is 5.69 Å². The van der Waals surface area contributed by atoms with Crippen LogP contribution in [0.4, 0.5) is 23.0 Å². The third kappa shape index (κ3) is 5.45. The maximum atomic E-state index is 12.3. The number of benzene rings is 2. The Kier molecular flexibility index (Phi) is 8.17. The first kappa shape index (κ1) is 29.5. The number of hydrogen-bond donors (Lipinski definition) is 3. The minimum Gasteiger partial charge on any atom is -0.495 e. The summed E-state index contributed by atoms with van der Waals surface area (Å²) in [5, 5.41) is 10.9. The molecule has 3 aromatic heterocycles. The number of nitrogens with one attached hydrogen (secondary N) is 3. The smallest absolute Gasteiger partial charge is 0.247 e. The number of amides is 1. The van der Waals surface area contributed by atoms with Gasteiger partial charge in [0.1, 0.15) is 17.1 Å². The number of aryl methyl sites for hydroxylation is 1. The third-order valence-electron chi connectivity index (χ3n) is 7.41. The molecule has 11 nitrogen and oxygen atoms in total. The molecule has 4 heterocycles. The second-order valence-electron chi connectivity index (χ2n) is 10.2. The molecule has 0 aliphatic carbocycles. The van der Waals surface area contributed by atoms with Crippen molar-refractivity contribution in [2.75, 3.05) is 55.9 Å². The quantitative estimate of drug-likeness (QED) is 0.181. The molecule has 1 saturated heterocycles. The maximum Gasteiger partial charge on any atom is 0.247 e. The Balaban J connectivity index is 1.45. The molecule has 0 bridgehead atoms. The van der Waals surface area contributed by atoms with Crippen LogP contribution in [0.2, 0.25) is 10.0 Å². The number of carbonyl (C=O) groups excluding carboxylic acids is 1. The molecule has 0 unspecified atom stereocenters. The molecule has 5 aromatic rings. The summed E-state index contributed by atoms with van der Waals surface area (Å²) < 4.78 is 12.9. The van der Waals surface area contributed by atoms with E-state index in [0.717, 1.165) is 42.9 Å². The number of pyridine rings is 1. The van der Waals surface area contributed by atoms with E-state index in [4.69, 9.17) is 42.6 Å². The van der Waals surface area contributed by atoms with Gasteiger partial charge in [0.25, 0.3) is 0 Å². The van der Waals surface area contributed by atoms with Crippen molar-refractivity contribution in [3.05, 3.63) is 71.1 Å². The Hall–Kier alpha value is -4.58. The van der Waals surface area contributed by atoms with Gasteiger partial charge < -0.3 is 30.3 Å². The van der Waals surface area contributed by atoms with Crippen molar-refractivity contribution in [3.63, 3.8) is 0 Å². The fourth-order valence-electron chi connectivity index (χ4n) is 5.28. The van der Waals surface area contributed by atoms with Gasteiger partial charge in [0, 0.05) is 66.8 Å². The van der Waals surface area contributed by atoms with Crippen molar-refractivity contribution in [1.29, 1.82) is 0 Å². The Bertz CT molecular complexity index is 1890. The van der Waals surface area contributed by atoms with Crippen LogP contribution in [0.3, 0.4) is 0 Å². The minimum absolute atomic E-state index is 0.320. The maximum absolute atomic E-state index is 12.3. The van der Waals surface area contributed by atoms with Gasteiger partial charge >= 0.3 is 0 Å². The Labute approximate surface area is 263 Å². The number of aromatic nitrogens is 4. The lowest BCUT2D eigenvalue weighted by atomic mass is 10.0. The molecule has 0 radical (unpaired) electrons. The highest BCUT2D eigenvalue weighted by Gasteiger charge is 2.23. The molecule has 0 atom stereocenters. The van der Waals surface area contributed by atoms with Crippen LogP contribution < -0.4 is 30.3 Å². The summed E-state index contributed by atoms with van der Waals surface area (Å²) in [6.45, 7) is 9.02. The molecule has 0 spiro atoms. The number of methoxy groups -OCH3 is 2. The van der Waals surface area contributed by atoms with Gasteiger partial charge in [0.2, 0.25) is 11.9 Å². The van der Waals surface area contributed by atoms with E-state index >= 15 is 0 Å². The number of carbonyl (C=O) groups is 1. The van der Waals surface area contributed by atoms with Gasteiger partial charge in [-0.1, -0.05) is 29.8 Å². The predicted octanol–water partition coefficient (Wildman–Crippen LogP) is 5.85. The van der Waals surface area contributed by atoms with Crippen LogP contribution in [0.15, 0.2) is 55.4 Å². The topological polar surface area (TPSA) is 118 Å². The van der Waals surface area contributed by atoms with Gasteiger partial charge in [-0.2, -0.15) is 4.98 Å². The monoisotopic (exact) mass is 632 g/mol. The summed E-state index contributed by atoms with van der Waals surface area (Å²) in [5.41, 5.74) is 5.39. The first-order valence-electron chi connectivity index (χ1n) is 13.9. The molecule has 44 heavy (non-hydrogen) atoms. The first-order chi connectivity index (χ1) is 21.3. The Morgan fingerprint density at radius 2 is 1.75 bits per heavy atom. The summed E-state index contributed by atoms with van der Waals surface area (Å²) in [7, 11) is 3.06. The van der Waals surface area contributed by atoms with Gasteiger partial charge in [-0.15, -0.1) is 0 Å². The van der Waals surface area contributed by atoms with E-state index in [-0.39, 0.29) is 5.91 Å². The van der Waals surface area contributed by atoms with Crippen LogP contribution in [0.5, 0.6) is 11.5 Å². The molecule has 0 saturated carbocycles. The number of imidazole rings is 1. The highest BCUT2D eigenvalue weighted by molar-refractivity contribution is 6.41. The van der Waals surface area contributed by atoms with Crippen LogP contribution in [0.25, 0.3) is 27.8 Å². The second kappa shape index (κ2) is 12.2. The molecule has 2 aromatic carbocycles. The third-order valence-corrected chi connectivity index (χ3v) is 8.16. The van der Waals surface area contributed by atoms with Crippen molar-refractivity contribution >= 4 is 68.8 Å². The van der Waals surface area contributed by atoms with E-state index in [1.807, 2.05) is 41.8 Å². The molecular weight excluding hydrogens is 603 g/mol. The lowest BCUT2D eigenvalue weighted by Gasteiger charge is -2.30. The Morgan fingerprint density at radius 3 is 2.43 bits per heavy atom. The number of rotatable bonds is 8. The van der Waals surface area contributed by atoms with E-state index < -0.39 is 0 Å². The highest BCUT2D eigenvalue weighted by Crippen LogP contribution is 2.47. The summed E-state index contributed by atoms with van der Waals surface area (Å²) in [5.74, 6) is 0.853.